The monoisotopic (exact) mass is 299 g/mol. The number of hydrogen-bond donors (Lipinski definition) is 1. The van der Waals surface area contributed by atoms with Crippen LogP contribution < -0.4 is 5.32 Å². The summed E-state index contributed by atoms with van der Waals surface area (Å²) in [4.78, 5) is 12.2. The van der Waals surface area contributed by atoms with Gasteiger partial charge in [-0.2, -0.15) is 0 Å². The third kappa shape index (κ3) is 2.93. The zero-order chi connectivity index (χ0) is 12.5. The van der Waals surface area contributed by atoms with Crippen molar-refractivity contribution in [3.05, 3.63) is 34.1 Å². The summed E-state index contributed by atoms with van der Waals surface area (Å²) in [5.41, 5.74) is 0.439. The molecular formula is C13H15BrFNO. The fourth-order valence-corrected chi connectivity index (χ4v) is 2.68. The van der Waals surface area contributed by atoms with Crippen molar-refractivity contribution in [2.24, 2.45) is 5.41 Å². The molecule has 1 heterocycles. The average Bonchev–Trinajstić information content (AvgIpc) is 2.64. The van der Waals surface area contributed by atoms with E-state index in [4.69, 9.17) is 0 Å². The second-order valence-electron chi connectivity index (χ2n) is 4.87. The second-order valence-corrected chi connectivity index (χ2v) is 5.78. The number of carbonyl (C=O) groups is 1. The fraction of sp³-hybridized carbons (Fsp3) is 0.462. The maximum absolute atomic E-state index is 13.2. The Kier molecular flexibility index (Phi) is 3.64. The van der Waals surface area contributed by atoms with Crippen molar-refractivity contribution in [2.45, 2.75) is 19.8 Å². The molecule has 0 bridgehead atoms. The van der Waals surface area contributed by atoms with E-state index >= 15 is 0 Å². The van der Waals surface area contributed by atoms with Crippen LogP contribution in [0.15, 0.2) is 22.7 Å². The molecule has 0 saturated carbocycles. The van der Waals surface area contributed by atoms with Gasteiger partial charge in [-0.15, -0.1) is 0 Å². The van der Waals surface area contributed by atoms with Crippen molar-refractivity contribution in [3.8, 4) is 0 Å². The topological polar surface area (TPSA) is 29.1 Å². The fourth-order valence-electron chi connectivity index (χ4n) is 2.17. The Hall–Kier alpha value is -0.740. The molecule has 1 saturated heterocycles. The number of nitrogens with one attached hydrogen (secondary N) is 1. The largest absolute Gasteiger partial charge is 0.316 e. The standard InChI is InChI=1S/C13H15BrFNO/c1-13(2-3-16-8-13)12(17)6-9-4-10(14)7-11(15)5-9/h4-5,7,16H,2-3,6,8H2,1H3. The van der Waals surface area contributed by atoms with Crippen LogP contribution >= 0.6 is 15.9 Å². The molecule has 17 heavy (non-hydrogen) atoms. The Morgan fingerprint density at radius 2 is 2.29 bits per heavy atom. The molecular weight excluding hydrogens is 285 g/mol. The third-order valence-electron chi connectivity index (χ3n) is 3.33. The van der Waals surface area contributed by atoms with Gasteiger partial charge in [0.15, 0.2) is 0 Å². The highest BCUT2D eigenvalue weighted by Gasteiger charge is 2.35. The van der Waals surface area contributed by atoms with E-state index in [2.05, 4.69) is 21.2 Å². The molecule has 1 aromatic carbocycles. The van der Waals surface area contributed by atoms with Crippen LogP contribution in [0.1, 0.15) is 18.9 Å². The van der Waals surface area contributed by atoms with Gasteiger partial charge in [0, 0.05) is 22.9 Å². The van der Waals surface area contributed by atoms with E-state index in [0.29, 0.717) is 10.9 Å². The molecule has 0 aromatic heterocycles. The molecule has 1 unspecified atom stereocenters. The van der Waals surface area contributed by atoms with Gasteiger partial charge in [-0.05, 0) is 36.7 Å². The van der Waals surface area contributed by atoms with Gasteiger partial charge in [0.05, 0.1) is 0 Å². The molecule has 2 nitrogen and oxygen atoms in total. The van der Waals surface area contributed by atoms with Crippen LogP contribution in [-0.4, -0.2) is 18.9 Å². The molecule has 1 aliphatic rings. The number of Topliss-reactive ketones (excluding diaryl/α,β-unsaturated/α-hetero) is 1. The number of rotatable bonds is 3. The first-order valence-corrected chi connectivity index (χ1v) is 6.48. The number of benzene rings is 1. The summed E-state index contributed by atoms with van der Waals surface area (Å²) >= 11 is 3.24. The van der Waals surface area contributed by atoms with Crippen LogP contribution in [0.4, 0.5) is 4.39 Å². The van der Waals surface area contributed by atoms with E-state index in [1.54, 1.807) is 6.07 Å². The maximum Gasteiger partial charge on any atom is 0.144 e. The molecule has 1 atom stereocenters. The van der Waals surface area contributed by atoms with Gasteiger partial charge in [-0.3, -0.25) is 4.79 Å². The van der Waals surface area contributed by atoms with Gasteiger partial charge in [0.2, 0.25) is 0 Å². The lowest BCUT2D eigenvalue weighted by Gasteiger charge is -2.20. The van der Waals surface area contributed by atoms with Crippen molar-refractivity contribution in [1.82, 2.24) is 5.32 Å². The van der Waals surface area contributed by atoms with E-state index < -0.39 is 0 Å². The summed E-state index contributed by atoms with van der Waals surface area (Å²) < 4.78 is 13.9. The van der Waals surface area contributed by atoms with Crippen LogP contribution in [0, 0.1) is 11.2 Å². The summed E-state index contributed by atoms with van der Waals surface area (Å²) in [6.45, 7) is 3.58. The molecule has 0 amide bonds. The Morgan fingerprint density at radius 1 is 1.53 bits per heavy atom. The zero-order valence-corrected chi connectivity index (χ0v) is 11.3. The van der Waals surface area contributed by atoms with E-state index in [-0.39, 0.29) is 17.0 Å². The predicted octanol–water partition coefficient (Wildman–Crippen LogP) is 2.70. The predicted molar refractivity (Wildman–Crippen MR) is 68.4 cm³/mol. The van der Waals surface area contributed by atoms with Gasteiger partial charge in [-0.1, -0.05) is 22.9 Å². The summed E-state index contributed by atoms with van der Waals surface area (Å²) in [5.74, 6) is -0.128. The first-order chi connectivity index (χ1) is 7.99. The molecule has 0 spiro atoms. The Labute approximate surface area is 109 Å². The van der Waals surface area contributed by atoms with Crippen molar-refractivity contribution < 1.29 is 9.18 Å². The van der Waals surface area contributed by atoms with Gasteiger partial charge in [0.1, 0.15) is 11.6 Å². The lowest BCUT2D eigenvalue weighted by Crippen LogP contribution is -2.31. The lowest BCUT2D eigenvalue weighted by molar-refractivity contribution is -0.126. The smallest absolute Gasteiger partial charge is 0.144 e. The number of halogens is 2. The highest BCUT2D eigenvalue weighted by atomic mass is 79.9. The highest BCUT2D eigenvalue weighted by molar-refractivity contribution is 9.10. The first kappa shape index (κ1) is 12.7. The van der Waals surface area contributed by atoms with E-state index in [1.165, 1.54) is 12.1 Å². The molecule has 4 heteroatoms. The Morgan fingerprint density at radius 3 is 2.88 bits per heavy atom. The van der Waals surface area contributed by atoms with E-state index in [1.807, 2.05) is 6.92 Å². The van der Waals surface area contributed by atoms with E-state index in [0.717, 1.165) is 25.1 Å². The highest BCUT2D eigenvalue weighted by Crippen LogP contribution is 2.27. The van der Waals surface area contributed by atoms with Crippen LogP contribution in [0.2, 0.25) is 0 Å². The van der Waals surface area contributed by atoms with Gasteiger partial charge < -0.3 is 5.32 Å². The number of hydrogen-bond acceptors (Lipinski definition) is 2. The van der Waals surface area contributed by atoms with Crippen molar-refractivity contribution >= 4 is 21.7 Å². The minimum atomic E-state index is -0.308. The van der Waals surface area contributed by atoms with Crippen LogP contribution in [0.3, 0.4) is 0 Å². The summed E-state index contributed by atoms with van der Waals surface area (Å²) in [6.07, 6.45) is 1.16. The first-order valence-electron chi connectivity index (χ1n) is 5.69. The molecule has 0 aliphatic carbocycles. The maximum atomic E-state index is 13.2. The molecule has 0 radical (unpaired) electrons. The van der Waals surface area contributed by atoms with Crippen LogP contribution in [0.25, 0.3) is 0 Å². The summed E-state index contributed by atoms with van der Waals surface area (Å²) in [7, 11) is 0. The Bertz CT molecular complexity index is 421. The molecule has 1 fully saturated rings. The number of carbonyl (C=O) groups excluding carboxylic acids is 1. The molecule has 1 aromatic rings. The van der Waals surface area contributed by atoms with Gasteiger partial charge >= 0.3 is 0 Å². The molecule has 1 aliphatic heterocycles. The average molecular weight is 300 g/mol. The minimum absolute atomic E-state index is 0.181. The minimum Gasteiger partial charge on any atom is -0.316 e. The van der Waals surface area contributed by atoms with Crippen LogP contribution in [0.5, 0.6) is 0 Å². The molecule has 2 rings (SSSR count). The Balaban J connectivity index is 2.12. The molecule has 92 valence electrons. The summed E-state index contributed by atoms with van der Waals surface area (Å²) in [6, 6.07) is 4.62. The SMILES string of the molecule is CC1(C(=O)Cc2cc(F)cc(Br)c2)CCNC1. The summed E-state index contributed by atoms with van der Waals surface area (Å²) in [5, 5.41) is 3.20. The number of ketones is 1. The molecule has 1 N–H and O–H groups in total. The van der Waals surface area contributed by atoms with Crippen molar-refractivity contribution in [2.75, 3.05) is 13.1 Å². The lowest BCUT2D eigenvalue weighted by atomic mass is 9.82. The van der Waals surface area contributed by atoms with Crippen LogP contribution in [-0.2, 0) is 11.2 Å². The van der Waals surface area contributed by atoms with Crippen molar-refractivity contribution in [3.63, 3.8) is 0 Å². The third-order valence-corrected chi connectivity index (χ3v) is 3.79. The zero-order valence-electron chi connectivity index (χ0n) is 9.72. The van der Waals surface area contributed by atoms with Gasteiger partial charge in [-0.25, -0.2) is 4.39 Å². The normalized spacial score (nSPS) is 23.9. The van der Waals surface area contributed by atoms with E-state index in [9.17, 15) is 9.18 Å². The quantitative estimate of drug-likeness (QED) is 0.930. The van der Waals surface area contributed by atoms with Gasteiger partial charge in [0.25, 0.3) is 0 Å². The van der Waals surface area contributed by atoms with Crippen molar-refractivity contribution in [1.29, 1.82) is 0 Å². The second kappa shape index (κ2) is 4.86.